The number of hydrogen-bond donors (Lipinski definition) is 1. The van der Waals surface area contributed by atoms with Gasteiger partial charge in [0.1, 0.15) is 12.4 Å². The summed E-state index contributed by atoms with van der Waals surface area (Å²) in [6.07, 6.45) is 1.88. The molecule has 0 bridgehead atoms. The molecule has 0 aliphatic heterocycles. The molecular weight excluding hydrogens is 220 g/mol. The monoisotopic (exact) mass is 234 g/mol. The molecule has 0 fully saturated rings. The van der Waals surface area contributed by atoms with Gasteiger partial charge >= 0.3 is 0 Å². The number of nitrogens with one attached hydrogen (secondary N) is 1. The maximum absolute atomic E-state index is 5.55. The molecule has 2 aromatic rings. The van der Waals surface area contributed by atoms with E-state index in [0.29, 0.717) is 6.61 Å². The van der Waals surface area contributed by atoms with Crippen molar-refractivity contribution in [3.8, 4) is 5.75 Å². The van der Waals surface area contributed by atoms with Crippen LogP contribution >= 0.6 is 11.3 Å². The van der Waals surface area contributed by atoms with Crippen LogP contribution in [0.1, 0.15) is 4.88 Å². The molecule has 0 saturated heterocycles. The third-order valence-corrected chi connectivity index (χ3v) is 2.85. The summed E-state index contributed by atoms with van der Waals surface area (Å²) in [5, 5.41) is 3.30. The van der Waals surface area contributed by atoms with E-state index in [0.717, 1.165) is 18.8 Å². The van der Waals surface area contributed by atoms with Crippen molar-refractivity contribution in [2.24, 2.45) is 0 Å². The molecule has 0 atom stereocenters. The summed E-state index contributed by atoms with van der Waals surface area (Å²) in [4.78, 5) is 5.27. The average molecular weight is 234 g/mol. The van der Waals surface area contributed by atoms with Gasteiger partial charge in [-0.3, -0.25) is 4.98 Å². The largest absolute Gasteiger partial charge is 0.492 e. The lowest BCUT2D eigenvalue weighted by Crippen LogP contribution is -2.20. The van der Waals surface area contributed by atoms with Crippen molar-refractivity contribution >= 4 is 11.3 Å². The molecular formula is C12H14N2OS. The van der Waals surface area contributed by atoms with Crippen LogP contribution in [0, 0.1) is 0 Å². The molecule has 4 heteroatoms. The molecule has 0 radical (unpaired) electrons. The van der Waals surface area contributed by atoms with Gasteiger partial charge in [0.25, 0.3) is 0 Å². The topological polar surface area (TPSA) is 34.1 Å². The van der Waals surface area contributed by atoms with E-state index in [1.165, 1.54) is 4.88 Å². The second-order valence-corrected chi connectivity index (χ2v) is 4.28. The number of benzene rings is 1. The highest BCUT2D eigenvalue weighted by Crippen LogP contribution is 2.07. The highest BCUT2D eigenvalue weighted by molar-refractivity contribution is 7.09. The van der Waals surface area contributed by atoms with Gasteiger partial charge in [-0.05, 0) is 12.1 Å². The van der Waals surface area contributed by atoms with Crippen molar-refractivity contribution < 1.29 is 4.74 Å². The Morgan fingerprint density at radius 1 is 1.25 bits per heavy atom. The van der Waals surface area contributed by atoms with E-state index in [2.05, 4.69) is 10.3 Å². The molecule has 1 aromatic carbocycles. The van der Waals surface area contributed by atoms with Gasteiger partial charge in [-0.2, -0.15) is 0 Å². The number of hydrogen-bond acceptors (Lipinski definition) is 4. The molecule has 1 N–H and O–H groups in total. The van der Waals surface area contributed by atoms with Crippen LogP contribution in [-0.2, 0) is 6.54 Å². The SMILES string of the molecule is c1ccc(OCCNCc2cncs2)cc1. The predicted octanol–water partition coefficient (Wildman–Crippen LogP) is 2.31. The Kier molecular flexibility index (Phi) is 4.34. The smallest absolute Gasteiger partial charge is 0.119 e. The van der Waals surface area contributed by atoms with Crippen LogP contribution in [0.15, 0.2) is 42.0 Å². The zero-order chi connectivity index (χ0) is 11.1. The van der Waals surface area contributed by atoms with E-state index < -0.39 is 0 Å². The van der Waals surface area contributed by atoms with E-state index >= 15 is 0 Å². The van der Waals surface area contributed by atoms with Crippen molar-refractivity contribution in [3.05, 3.63) is 46.9 Å². The normalized spacial score (nSPS) is 10.2. The minimum Gasteiger partial charge on any atom is -0.492 e. The number of rotatable bonds is 6. The van der Waals surface area contributed by atoms with E-state index in [1.807, 2.05) is 42.0 Å². The first-order chi connectivity index (χ1) is 7.95. The minimum absolute atomic E-state index is 0.683. The van der Waals surface area contributed by atoms with E-state index in [-0.39, 0.29) is 0 Å². The fourth-order valence-electron chi connectivity index (χ4n) is 1.30. The van der Waals surface area contributed by atoms with Gasteiger partial charge in [0, 0.05) is 24.2 Å². The maximum Gasteiger partial charge on any atom is 0.119 e. The van der Waals surface area contributed by atoms with Gasteiger partial charge in [0.15, 0.2) is 0 Å². The fourth-order valence-corrected chi connectivity index (χ4v) is 1.86. The molecule has 0 unspecified atom stereocenters. The number of ether oxygens (including phenoxy) is 1. The first-order valence-electron chi connectivity index (χ1n) is 5.21. The summed E-state index contributed by atoms with van der Waals surface area (Å²) < 4.78 is 5.55. The fraction of sp³-hybridized carbons (Fsp3) is 0.250. The summed E-state index contributed by atoms with van der Waals surface area (Å²) in [7, 11) is 0. The highest BCUT2D eigenvalue weighted by atomic mass is 32.1. The van der Waals surface area contributed by atoms with E-state index in [4.69, 9.17) is 4.74 Å². The molecule has 1 aromatic heterocycles. The Balaban J connectivity index is 1.59. The quantitative estimate of drug-likeness (QED) is 0.779. The van der Waals surface area contributed by atoms with Crippen LogP contribution in [0.5, 0.6) is 5.75 Å². The second-order valence-electron chi connectivity index (χ2n) is 3.31. The van der Waals surface area contributed by atoms with Crippen LogP contribution in [-0.4, -0.2) is 18.1 Å². The first kappa shape index (κ1) is 11.1. The first-order valence-corrected chi connectivity index (χ1v) is 6.09. The van der Waals surface area contributed by atoms with Crippen molar-refractivity contribution in [1.29, 1.82) is 0 Å². The molecule has 16 heavy (non-hydrogen) atoms. The summed E-state index contributed by atoms with van der Waals surface area (Å²) >= 11 is 1.66. The molecule has 0 spiro atoms. The predicted molar refractivity (Wildman–Crippen MR) is 65.8 cm³/mol. The molecule has 1 heterocycles. The molecule has 0 saturated carbocycles. The second kappa shape index (κ2) is 6.25. The molecule has 3 nitrogen and oxygen atoms in total. The molecule has 0 aliphatic rings. The van der Waals surface area contributed by atoms with Gasteiger partial charge in [0.05, 0.1) is 5.51 Å². The van der Waals surface area contributed by atoms with E-state index in [1.54, 1.807) is 11.3 Å². The lowest BCUT2D eigenvalue weighted by atomic mass is 10.3. The molecule has 2 rings (SSSR count). The summed E-state index contributed by atoms with van der Waals surface area (Å²) in [5.74, 6) is 0.919. The summed E-state index contributed by atoms with van der Waals surface area (Å²) in [6, 6.07) is 9.85. The Labute approximate surface area is 99.1 Å². The van der Waals surface area contributed by atoms with Crippen LogP contribution < -0.4 is 10.1 Å². The van der Waals surface area contributed by atoms with Crippen molar-refractivity contribution in [2.45, 2.75) is 6.54 Å². The lowest BCUT2D eigenvalue weighted by Gasteiger charge is -2.06. The average Bonchev–Trinajstić information content (AvgIpc) is 2.83. The van der Waals surface area contributed by atoms with Crippen molar-refractivity contribution in [1.82, 2.24) is 10.3 Å². The zero-order valence-corrected chi connectivity index (χ0v) is 9.74. The van der Waals surface area contributed by atoms with Gasteiger partial charge < -0.3 is 10.1 Å². The Morgan fingerprint density at radius 3 is 2.88 bits per heavy atom. The third-order valence-electron chi connectivity index (χ3n) is 2.07. The van der Waals surface area contributed by atoms with Gasteiger partial charge in [-0.1, -0.05) is 18.2 Å². The highest BCUT2D eigenvalue weighted by Gasteiger charge is 1.94. The third kappa shape index (κ3) is 3.64. The summed E-state index contributed by atoms with van der Waals surface area (Å²) in [6.45, 7) is 2.39. The molecule has 84 valence electrons. The van der Waals surface area contributed by atoms with Gasteiger partial charge in [0.2, 0.25) is 0 Å². The van der Waals surface area contributed by atoms with Gasteiger partial charge in [-0.15, -0.1) is 11.3 Å². The molecule has 0 aliphatic carbocycles. The number of thiazole rings is 1. The Bertz CT molecular complexity index is 389. The van der Waals surface area contributed by atoms with E-state index in [9.17, 15) is 0 Å². The number of aromatic nitrogens is 1. The van der Waals surface area contributed by atoms with Crippen molar-refractivity contribution in [2.75, 3.05) is 13.2 Å². The number of nitrogens with zero attached hydrogens (tertiary/aromatic N) is 1. The van der Waals surface area contributed by atoms with Crippen LogP contribution in [0.25, 0.3) is 0 Å². The maximum atomic E-state index is 5.55. The van der Waals surface area contributed by atoms with Gasteiger partial charge in [-0.25, -0.2) is 0 Å². The molecule has 0 amide bonds. The van der Waals surface area contributed by atoms with Crippen LogP contribution in [0.4, 0.5) is 0 Å². The van der Waals surface area contributed by atoms with Crippen LogP contribution in [0.2, 0.25) is 0 Å². The zero-order valence-electron chi connectivity index (χ0n) is 8.93. The number of para-hydroxylation sites is 1. The van der Waals surface area contributed by atoms with Crippen molar-refractivity contribution in [3.63, 3.8) is 0 Å². The van der Waals surface area contributed by atoms with Crippen LogP contribution in [0.3, 0.4) is 0 Å². The Hall–Kier alpha value is -1.39. The minimum atomic E-state index is 0.683. The Morgan fingerprint density at radius 2 is 2.12 bits per heavy atom. The summed E-state index contributed by atoms with van der Waals surface area (Å²) in [5.41, 5.74) is 1.84. The lowest BCUT2D eigenvalue weighted by molar-refractivity contribution is 0.314. The standard InChI is InChI=1S/C12H14N2OS/c1-2-4-11(5-3-1)15-7-6-13-8-12-9-14-10-16-12/h1-5,9-10,13H,6-8H2.